The number of imidazole rings is 1. The molecular formula is C17H16N6O2. The molecular weight excluding hydrogens is 320 g/mol. The molecule has 126 valence electrons. The predicted molar refractivity (Wildman–Crippen MR) is 94.0 cm³/mol. The minimum Gasteiger partial charge on any atom is -0.478 e. The van der Waals surface area contributed by atoms with E-state index in [4.69, 9.17) is 10.00 Å². The molecule has 8 heteroatoms. The normalized spacial score (nSPS) is 11.7. The number of nitriles is 1. The third kappa shape index (κ3) is 2.25. The number of aromatic amines is 2. The van der Waals surface area contributed by atoms with Gasteiger partial charge in [0.1, 0.15) is 23.3 Å². The van der Waals surface area contributed by atoms with Crippen molar-refractivity contribution < 1.29 is 4.74 Å². The van der Waals surface area contributed by atoms with E-state index in [2.05, 4.69) is 20.8 Å². The molecule has 0 saturated heterocycles. The van der Waals surface area contributed by atoms with Gasteiger partial charge in [0.2, 0.25) is 0 Å². The number of ether oxygens (including phenoxy) is 1. The standard InChI is InChI=1S/C17H16N6O2/c1-9-7-11(8-10(2)14(9)25-6-4-18)23-13-12-3-5-19-15(12)21-22-16(13)20-17(23)24/h3,5,7-8,19,21-22H,6H2,1-2H3,(H,20,24). The van der Waals surface area contributed by atoms with E-state index in [-0.39, 0.29) is 12.3 Å². The number of nitrogens with one attached hydrogen (secondary N) is 4. The van der Waals surface area contributed by atoms with Crippen molar-refractivity contribution in [3.05, 3.63) is 46.0 Å². The lowest BCUT2D eigenvalue weighted by molar-refractivity contribution is 0.363. The summed E-state index contributed by atoms with van der Waals surface area (Å²) in [4.78, 5) is 18.5. The van der Waals surface area contributed by atoms with Gasteiger partial charge in [-0.25, -0.2) is 4.79 Å². The molecule has 0 bridgehead atoms. The molecule has 0 fully saturated rings. The number of anilines is 2. The zero-order valence-corrected chi connectivity index (χ0v) is 13.7. The monoisotopic (exact) mass is 336 g/mol. The molecule has 1 aliphatic heterocycles. The Morgan fingerprint density at radius 3 is 2.64 bits per heavy atom. The minimum absolute atomic E-state index is 0.0111. The van der Waals surface area contributed by atoms with Crippen LogP contribution in [-0.2, 0) is 0 Å². The second-order valence-electron chi connectivity index (χ2n) is 5.86. The quantitative estimate of drug-likeness (QED) is 0.587. The van der Waals surface area contributed by atoms with Crippen molar-refractivity contribution >= 4 is 11.6 Å². The molecule has 0 spiro atoms. The number of H-pyrrole nitrogens is 2. The first kappa shape index (κ1) is 15.0. The van der Waals surface area contributed by atoms with E-state index in [1.54, 1.807) is 4.57 Å². The Hall–Kier alpha value is -3.60. The molecule has 1 aliphatic rings. The van der Waals surface area contributed by atoms with Crippen molar-refractivity contribution in [1.82, 2.24) is 14.5 Å². The van der Waals surface area contributed by atoms with Crippen molar-refractivity contribution in [2.45, 2.75) is 13.8 Å². The van der Waals surface area contributed by atoms with E-state index in [0.29, 0.717) is 11.6 Å². The summed E-state index contributed by atoms with van der Waals surface area (Å²) in [6, 6.07) is 7.64. The van der Waals surface area contributed by atoms with Gasteiger partial charge in [-0.3, -0.25) is 20.4 Å². The second kappa shape index (κ2) is 5.49. The van der Waals surface area contributed by atoms with Crippen LogP contribution in [0.15, 0.2) is 29.2 Å². The number of benzene rings is 1. The van der Waals surface area contributed by atoms with Gasteiger partial charge in [0.05, 0.1) is 5.69 Å². The highest BCUT2D eigenvalue weighted by molar-refractivity contribution is 5.86. The minimum atomic E-state index is -0.238. The molecule has 0 atom stereocenters. The van der Waals surface area contributed by atoms with Gasteiger partial charge in [0, 0.05) is 11.8 Å². The summed E-state index contributed by atoms with van der Waals surface area (Å²) < 4.78 is 7.12. The molecule has 0 radical (unpaired) electrons. The van der Waals surface area contributed by atoms with E-state index in [1.165, 1.54) is 0 Å². The zero-order chi connectivity index (χ0) is 17.6. The van der Waals surface area contributed by atoms with Crippen molar-refractivity contribution in [1.29, 1.82) is 5.26 Å². The van der Waals surface area contributed by atoms with Crippen LogP contribution in [-0.4, -0.2) is 21.1 Å². The van der Waals surface area contributed by atoms with Crippen molar-refractivity contribution in [2.24, 2.45) is 0 Å². The third-order valence-corrected chi connectivity index (χ3v) is 4.19. The Bertz CT molecular complexity index is 1040. The smallest absolute Gasteiger partial charge is 0.332 e. The molecule has 3 heterocycles. The number of aromatic nitrogens is 3. The number of hydrogen-bond acceptors (Lipinski definition) is 5. The van der Waals surface area contributed by atoms with Gasteiger partial charge in [-0.05, 0) is 43.2 Å². The van der Waals surface area contributed by atoms with Crippen LogP contribution in [0.5, 0.6) is 5.75 Å². The molecule has 0 saturated carbocycles. The van der Waals surface area contributed by atoms with E-state index in [1.807, 2.05) is 44.3 Å². The highest BCUT2D eigenvalue weighted by Crippen LogP contribution is 2.37. The molecule has 25 heavy (non-hydrogen) atoms. The van der Waals surface area contributed by atoms with Crippen LogP contribution < -0.4 is 21.3 Å². The maximum atomic E-state index is 12.6. The SMILES string of the molecule is Cc1cc(-n2c3c([nH]c2=O)NNc2[nH]ccc2-3)cc(C)c1OCC#N. The Morgan fingerprint density at radius 2 is 1.92 bits per heavy atom. The summed E-state index contributed by atoms with van der Waals surface area (Å²) in [5.41, 5.74) is 9.87. The maximum absolute atomic E-state index is 12.6. The van der Waals surface area contributed by atoms with Gasteiger partial charge in [0.25, 0.3) is 0 Å². The third-order valence-electron chi connectivity index (χ3n) is 4.19. The topological polar surface area (TPSA) is 111 Å². The van der Waals surface area contributed by atoms with Crippen LogP contribution in [0.3, 0.4) is 0 Å². The zero-order valence-electron chi connectivity index (χ0n) is 13.7. The molecule has 0 unspecified atom stereocenters. The molecule has 8 nitrogen and oxygen atoms in total. The van der Waals surface area contributed by atoms with E-state index >= 15 is 0 Å². The van der Waals surface area contributed by atoms with Crippen molar-refractivity contribution in [3.63, 3.8) is 0 Å². The molecule has 4 rings (SSSR count). The number of fused-ring (bicyclic) bond motifs is 3. The van der Waals surface area contributed by atoms with Gasteiger partial charge in [-0.15, -0.1) is 0 Å². The molecule has 0 aliphatic carbocycles. The average molecular weight is 336 g/mol. The Morgan fingerprint density at radius 1 is 1.20 bits per heavy atom. The van der Waals surface area contributed by atoms with Crippen LogP contribution in [0.25, 0.3) is 16.9 Å². The van der Waals surface area contributed by atoms with Crippen LogP contribution in [0.2, 0.25) is 0 Å². The first-order valence-corrected chi connectivity index (χ1v) is 7.76. The fraction of sp³-hybridized carbons (Fsp3) is 0.176. The fourth-order valence-electron chi connectivity index (χ4n) is 3.21. The largest absolute Gasteiger partial charge is 0.478 e. The predicted octanol–water partition coefficient (Wildman–Crippen LogP) is 2.43. The Kier molecular flexibility index (Phi) is 3.28. The van der Waals surface area contributed by atoms with Crippen molar-refractivity contribution in [3.8, 4) is 28.8 Å². The van der Waals surface area contributed by atoms with Crippen LogP contribution >= 0.6 is 0 Å². The first-order chi connectivity index (χ1) is 12.1. The maximum Gasteiger partial charge on any atom is 0.332 e. The summed E-state index contributed by atoms with van der Waals surface area (Å²) in [6.07, 6.45) is 1.81. The van der Waals surface area contributed by atoms with E-state index in [0.717, 1.165) is 33.9 Å². The number of hydrazine groups is 1. The van der Waals surface area contributed by atoms with Gasteiger partial charge in [-0.1, -0.05) is 0 Å². The van der Waals surface area contributed by atoms with E-state index < -0.39 is 0 Å². The van der Waals surface area contributed by atoms with Gasteiger partial charge in [-0.2, -0.15) is 5.26 Å². The molecule has 3 aromatic rings. The van der Waals surface area contributed by atoms with Gasteiger partial charge in [0.15, 0.2) is 12.4 Å². The summed E-state index contributed by atoms with van der Waals surface area (Å²) in [5, 5.41) is 8.72. The van der Waals surface area contributed by atoms with Gasteiger partial charge >= 0.3 is 5.69 Å². The molecule has 2 aromatic heterocycles. The van der Waals surface area contributed by atoms with Crippen LogP contribution in [0.4, 0.5) is 11.6 Å². The highest BCUT2D eigenvalue weighted by atomic mass is 16.5. The Labute approximate surface area is 143 Å². The van der Waals surface area contributed by atoms with E-state index in [9.17, 15) is 4.79 Å². The lowest BCUT2D eigenvalue weighted by atomic mass is 10.1. The first-order valence-electron chi connectivity index (χ1n) is 7.76. The summed E-state index contributed by atoms with van der Waals surface area (Å²) in [6.45, 7) is 3.78. The summed E-state index contributed by atoms with van der Waals surface area (Å²) >= 11 is 0. The second-order valence-corrected chi connectivity index (χ2v) is 5.86. The number of rotatable bonds is 3. The van der Waals surface area contributed by atoms with Gasteiger partial charge < -0.3 is 9.72 Å². The number of hydrogen-bond donors (Lipinski definition) is 4. The highest BCUT2D eigenvalue weighted by Gasteiger charge is 2.24. The molecule has 4 N–H and O–H groups in total. The average Bonchev–Trinajstić information content (AvgIpc) is 3.16. The van der Waals surface area contributed by atoms with Crippen molar-refractivity contribution in [2.75, 3.05) is 17.5 Å². The lowest BCUT2D eigenvalue weighted by Crippen LogP contribution is -2.17. The fourth-order valence-corrected chi connectivity index (χ4v) is 3.21. The molecule has 1 aromatic carbocycles. The molecule has 0 amide bonds. The Balaban J connectivity index is 1.89. The summed E-state index contributed by atoms with van der Waals surface area (Å²) in [5.74, 6) is 2.07. The lowest BCUT2D eigenvalue weighted by Gasteiger charge is -2.19. The number of aryl methyl sites for hydroxylation is 2. The number of nitrogens with zero attached hydrogens (tertiary/aromatic N) is 2. The summed E-state index contributed by atoms with van der Waals surface area (Å²) in [7, 11) is 0. The van der Waals surface area contributed by atoms with Crippen LogP contribution in [0, 0.1) is 25.2 Å². The van der Waals surface area contributed by atoms with Crippen LogP contribution in [0.1, 0.15) is 11.1 Å².